The number of rotatable bonds is 6. The van der Waals surface area contributed by atoms with Crippen molar-refractivity contribution in [3.8, 4) is 0 Å². The number of hydrogen-bond donors (Lipinski definition) is 2. The Labute approximate surface area is 137 Å². The largest absolute Gasteiger partial charge is 0.338 e. The molecule has 0 spiro atoms. The maximum absolute atomic E-state index is 13.1. The van der Waals surface area contributed by atoms with Gasteiger partial charge in [-0.25, -0.2) is 9.18 Å². The van der Waals surface area contributed by atoms with Crippen molar-refractivity contribution in [2.45, 2.75) is 13.8 Å². The van der Waals surface area contributed by atoms with Crippen LogP contribution in [0.15, 0.2) is 24.3 Å². The van der Waals surface area contributed by atoms with Gasteiger partial charge in [0.15, 0.2) is 0 Å². The molecule has 0 aromatic heterocycles. The van der Waals surface area contributed by atoms with Crippen molar-refractivity contribution in [2.24, 2.45) is 5.92 Å². The summed E-state index contributed by atoms with van der Waals surface area (Å²) in [5.41, 5.74) is 0.464. The summed E-state index contributed by atoms with van der Waals surface area (Å²) in [6.45, 7) is 11.5. The standard InChI is InChI=1S/C17H27FN4O/c1-3-21-7-9-22(10-8-21)13-14(2)12-19-17(23)20-16-6-4-5-15(18)11-16/h4-6,11,14H,3,7-10,12-13H2,1-2H3,(H2,19,20,23). The van der Waals surface area contributed by atoms with E-state index in [1.807, 2.05) is 0 Å². The number of hydrogen-bond acceptors (Lipinski definition) is 3. The number of piperazine rings is 1. The van der Waals surface area contributed by atoms with Crippen LogP contribution in [0.4, 0.5) is 14.9 Å². The zero-order valence-corrected chi connectivity index (χ0v) is 14.0. The third-order valence-electron chi connectivity index (χ3n) is 4.18. The van der Waals surface area contributed by atoms with Gasteiger partial charge in [0.2, 0.25) is 0 Å². The van der Waals surface area contributed by atoms with Crippen molar-refractivity contribution >= 4 is 11.7 Å². The molecule has 0 radical (unpaired) electrons. The fourth-order valence-corrected chi connectivity index (χ4v) is 2.80. The predicted molar refractivity (Wildman–Crippen MR) is 91.1 cm³/mol. The lowest BCUT2D eigenvalue weighted by atomic mass is 10.1. The van der Waals surface area contributed by atoms with E-state index in [-0.39, 0.29) is 11.8 Å². The molecule has 1 saturated heterocycles. The number of carbonyl (C=O) groups is 1. The summed E-state index contributed by atoms with van der Waals surface area (Å²) >= 11 is 0. The van der Waals surface area contributed by atoms with Crippen molar-refractivity contribution in [1.29, 1.82) is 0 Å². The molecule has 1 aliphatic heterocycles. The van der Waals surface area contributed by atoms with Gasteiger partial charge < -0.3 is 20.4 Å². The second kappa shape index (κ2) is 8.84. The molecule has 1 aliphatic rings. The Morgan fingerprint density at radius 2 is 1.96 bits per heavy atom. The van der Waals surface area contributed by atoms with Crippen LogP contribution in [0, 0.1) is 11.7 Å². The van der Waals surface area contributed by atoms with E-state index in [0.717, 1.165) is 39.3 Å². The average molecular weight is 322 g/mol. The van der Waals surface area contributed by atoms with Gasteiger partial charge in [-0.2, -0.15) is 0 Å². The molecular formula is C17H27FN4O. The number of nitrogens with one attached hydrogen (secondary N) is 2. The van der Waals surface area contributed by atoms with E-state index in [2.05, 4.69) is 34.3 Å². The molecule has 0 saturated carbocycles. The number of carbonyl (C=O) groups excluding carboxylic acids is 1. The number of anilines is 1. The number of likely N-dealkylation sites (N-methyl/N-ethyl adjacent to an activating group) is 1. The normalized spacial score (nSPS) is 17.7. The fourth-order valence-electron chi connectivity index (χ4n) is 2.80. The zero-order chi connectivity index (χ0) is 16.7. The molecule has 2 rings (SSSR count). The number of amides is 2. The van der Waals surface area contributed by atoms with Crippen LogP contribution in [0.5, 0.6) is 0 Å². The third-order valence-corrected chi connectivity index (χ3v) is 4.18. The summed E-state index contributed by atoms with van der Waals surface area (Å²) in [6, 6.07) is 5.60. The van der Waals surface area contributed by atoms with Gasteiger partial charge in [0.25, 0.3) is 0 Å². The highest BCUT2D eigenvalue weighted by molar-refractivity contribution is 5.89. The first-order chi connectivity index (χ1) is 11.1. The second-order valence-electron chi connectivity index (χ2n) is 6.19. The molecule has 1 heterocycles. The van der Waals surface area contributed by atoms with Crippen LogP contribution in [0.25, 0.3) is 0 Å². The molecule has 2 amide bonds. The van der Waals surface area contributed by atoms with Crippen LogP contribution < -0.4 is 10.6 Å². The molecule has 1 unspecified atom stereocenters. The summed E-state index contributed by atoms with van der Waals surface area (Å²) in [4.78, 5) is 16.7. The van der Waals surface area contributed by atoms with Gasteiger partial charge in [-0.1, -0.05) is 19.9 Å². The van der Waals surface area contributed by atoms with Crippen molar-refractivity contribution < 1.29 is 9.18 Å². The molecule has 0 aliphatic carbocycles. The van der Waals surface area contributed by atoms with Crippen molar-refractivity contribution in [2.75, 3.05) is 51.1 Å². The Bertz CT molecular complexity index is 503. The first-order valence-electron chi connectivity index (χ1n) is 8.32. The lowest BCUT2D eigenvalue weighted by Crippen LogP contribution is -2.48. The summed E-state index contributed by atoms with van der Waals surface area (Å²) in [7, 11) is 0. The lowest BCUT2D eigenvalue weighted by Gasteiger charge is -2.35. The quantitative estimate of drug-likeness (QED) is 0.844. The van der Waals surface area contributed by atoms with E-state index in [1.165, 1.54) is 12.1 Å². The topological polar surface area (TPSA) is 47.6 Å². The molecule has 1 aromatic rings. The molecule has 2 N–H and O–H groups in total. The van der Waals surface area contributed by atoms with E-state index in [4.69, 9.17) is 0 Å². The highest BCUT2D eigenvalue weighted by Crippen LogP contribution is 2.09. The molecule has 1 aromatic carbocycles. The third kappa shape index (κ3) is 6.15. The Morgan fingerprint density at radius 1 is 1.26 bits per heavy atom. The highest BCUT2D eigenvalue weighted by atomic mass is 19.1. The molecule has 6 heteroatoms. The summed E-state index contributed by atoms with van der Waals surface area (Å²) < 4.78 is 13.1. The van der Waals surface area contributed by atoms with Gasteiger partial charge in [0.05, 0.1) is 0 Å². The van der Waals surface area contributed by atoms with Gasteiger partial charge in [-0.05, 0) is 30.7 Å². The van der Waals surface area contributed by atoms with E-state index in [1.54, 1.807) is 12.1 Å². The maximum atomic E-state index is 13.1. The minimum absolute atomic E-state index is 0.293. The van der Waals surface area contributed by atoms with Crippen LogP contribution in [0.1, 0.15) is 13.8 Å². The van der Waals surface area contributed by atoms with Crippen LogP contribution in [-0.2, 0) is 0 Å². The van der Waals surface area contributed by atoms with Crippen LogP contribution in [0.2, 0.25) is 0 Å². The van der Waals surface area contributed by atoms with E-state index in [0.29, 0.717) is 18.2 Å². The number of urea groups is 1. The molecule has 23 heavy (non-hydrogen) atoms. The van der Waals surface area contributed by atoms with Crippen molar-refractivity contribution in [3.05, 3.63) is 30.1 Å². The fraction of sp³-hybridized carbons (Fsp3) is 0.588. The molecule has 0 bridgehead atoms. The number of benzene rings is 1. The first kappa shape index (κ1) is 17.7. The van der Waals surface area contributed by atoms with E-state index >= 15 is 0 Å². The Balaban J connectivity index is 1.66. The SMILES string of the molecule is CCN1CCN(CC(C)CNC(=O)Nc2cccc(F)c2)CC1. The summed E-state index contributed by atoms with van der Waals surface area (Å²) in [5, 5.41) is 5.50. The predicted octanol–water partition coefficient (Wildman–Crippen LogP) is 2.22. The molecule has 1 atom stereocenters. The first-order valence-corrected chi connectivity index (χ1v) is 8.32. The zero-order valence-electron chi connectivity index (χ0n) is 14.0. The average Bonchev–Trinajstić information content (AvgIpc) is 2.54. The Morgan fingerprint density at radius 3 is 2.61 bits per heavy atom. The van der Waals surface area contributed by atoms with Crippen LogP contribution >= 0.6 is 0 Å². The summed E-state index contributed by atoms with van der Waals surface area (Å²) in [6.07, 6.45) is 0. The Kier molecular flexibility index (Phi) is 6.80. The van der Waals surface area contributed by atoms with Crippen molar-refractivity contribution in [1.82, 2.24) is 15.1 Å². The van der Waals surface area contributed by atoms with Gasteiger partial charge >= 0.3 is 6.03 Å². The minimum atomic E-state index is -0.359. The molecule has 1 fully saturated rings. The molecular weight excluding hydrogens is 295 g/mol. The highest BCUT2D eigenvalue weighted by Gasteiger charge is 2.17. The monoisotopic (exact) mass is 322 g/mol. The summed E-state index contributed by atoms with van der Waals surface area (Å²) in [5.74, 6) is 0.0174. The van der Waals surface area contributed by atoms with E-state index < -0.39 is 0 Å². The van der Waals surface area contributed by atoms with Gasteiger partial charge in [-0.15, -0.1) is 0 Å². The van der Waals surface area contributed by atoms with Gasteiger partial charge in [0.1, 0.15) is 5.82 Å². The molecule has 128 valence electrons. The lowest BCUT2D eigenvalue weighted by molar-refractivity contribution is 0.124. The smallest absolute Gasteiger partial charge is 0.319 e. The molecule has 5 nitrogen and oxygen atoms in total. The van der Waals surface area contributed by atoms with Crippen LogP contribution in [0.3, 0.4) is 0 Å². The minimum Gasteiger partial charge on any atom is -0.338 e. The van der Waals surface area contributed by atoms with E-state index in [9.17, 15) is 9.18 Å². The van der Waals surface area contributed by atoms with Gasteiger partial charge in [-0.3, -0.25) is 0 Å². The second-order valence-corrected chi connectivity index (χ2v) is 6.19. The number of halogens is 1. The number of nitrogens with zero attached hydrogens (tertiary/aromatic N) is 2. The van der Waals surface area contributed by atoms with Crippen molar-refractivity contribution in [3.63, 3.8) is 0 Å². The van der Waals surface area contributed by atoms with Crippen LogP contribution in [-0.4, -0.2) is 61.6 Å². The maximum Gasteiger partial charge on any atom is 0.319 e. The van der Waals surface area contributed by atoms with Gasteiger partial charge in [0, 0.05) is 45.0 Å². The Hall–Kier alpha value is -1.66.